The summed E-state index contributed by atoms with van der Waals surface area (Å²) < 4.78 is 1.56. The highest BCUT2D eigenvalue weighted by atomic mass is 16.2. The van der Waals surface area contributed by atoms with Crippen molar-refractivity contribution in [2.75, 3.05) is 11.9 Å². The van der Waals surface area contributed by atoms with Gasteiger partial charge in [-0.15, -0.1) is 0 Å². The Morgan fingerprint density at radius 2 is 2.09 bits per heavy atom. The Bertz CT molecular complexity index is 598. The number of para-hydroxylation sites is 1. The summed E-state index contributed by atoms with van der Waals surface area (Å²) in [5.74, 6) is 0.302. The number of hydrogen-bond donors (Lipinski definition) is 3. The van der Waals surface area contributed by atoms with Gasteiger partial charge < -0.3 is 16.4 Å². The topological polar surface area (TPSA) is 111 Å². The van der Waals surface area contributed by atoms with Gasteiger partial charge in [0.2, 0.25) is 11.9 Å². The molecule has 1 aromatic carbocycles. The number of anilines is 1. The molecule has 0 bridgehead atoms. The molecule has 0 aliphatic rings. The van der Waals surface area contributed by atoms with Crippen molar-refractivity contribution in [2.24, 2.45) is 5.73 Å². The van der Waals surface area contributed by atoms with Crippen LogP contribution in [-0.4, -0.2) is 44.7 Å². The summed E-state index contributed by atoms with van der Waals surface area (Å²) in [5, 5.41) is 17.5. The summed E-state index contributed by atoms with van der Waals surface area (Å²) in [5.41, 5.74) is 6.35. The molecule has 1 unspecified atom stereocenters. The zero-order valence-corrected chi connectivity index (χ0v) is 12.7. The highest BCUT2D eigenvalue weighted by Crippen LogP contribution is 2.12. The van der Waals surface area contributed by atoms with Crippen LogP contribution in [0.5, 0.6) is 0 Å². The van der Waals surface area contributed by atoms with Crippen LogP contribution in [0.3, 0.4) is 0 Å². The molecule has 2 atom stereocenters. The van der Waals surface area contributed by atoms with E-state index in [-0.39, 0.29) is 11.9 Å². The summed E-state index contributed by atoms with van der Waals surface area (Å²) in [7, 11) is 0. The van der Waals surface area contributed by atoms with Crippen LogP contribution in [0.4, 0.5) is 5.95 Å². The molecule has 0 saturated heterocycles. The van der Waals surface area contributed by atoms with E-state index >= 15 is 0 Å². The van der Waals surface area contributed by atoms with Crippen molar-refractivity contribution in [1.82, 2.24) is 25.5 Å². The third-order valence-corrected chi connectivity index (χ3v) is 3.24. The van der Waals surface area contributed by atoms with E-state index in [0.717, 1.165) is 5.69 Å². The van der Waals surface area contributed by atoms with E-state index in [2.05, 4.69) is 26.2 Å². The van der Waals surface area contributed by atoms with Crippen molar-refractivity contribution >= 4 is 11.9 Å². The van der Waals surface area contributed by atoms with Gasteiger partial charge in [0.1, 0.15) is 6.04 Å². The molecular formula is C14H21N7O. The van der Waals surface area contributed by atoms with Crippen molar-refractivity contribution in [1.29, 1.82) is 0 Å². The van der Waals surface area contributed by atoms with Crippen molar-refractivity contribution < 1.29 is 4.79 Å². The van der Waals surface area contributed by atoms with Crippen LogP contribution >= 0.6 is 0 Å². The Hall–Kier alpha value is -2.48. The lowest BCUT2D eigenvalue weighted by Gasteiger charge is -2.19. The number of amides is 1. The first-order valence-electron chi connectivity index (χ1n) is 7.26. The number of nitrogens with one attached hydrogen (secondary N) is 2. The van der Waals surface area contributed by atoms with Gasteiger partial charge >= 0.3 is 0 Å². The summed E-state index contributed by atoms with van der Waals surface area (Å²) in [4.78, 5) is 12.2. The molecule has 1 aromatic heterocycles. The first kappa shape index (κ1) is 15.9. The standard InChI is InChI=1S/C14H21N7O/c1-3-12(13(22)16-10(2)9-15)17-14-18-19-20-21(14)11-7-5-4-6-8-11/h4-8,10,12H,3,9,15H2,1-2H3,(H,16,22)(H,17,18,20)/t10-,12?/m0/s1. The monoisotopic (exact) mass is 303 g/mol. The highest BCUT2D eigenvalue weighted by molar-refractivity contribution is 5.84. The van der Waals surface area contributed by atoms with E-state index in [1.807, 2.05) is 44.2 Å². The second-order valence-electron chi connectivity index (χ2n) is 5.00. The van der Waals surface area contributed by atoms with Crippen LogP contribution in [0.2, 0.25) is 0 Å². The maximum atomic E-state index is 12.2. The maximum absolute atomic E-state index is 12.2. The molecule has 0 spiro atoms. The van der Waals surface area contributed by atoms with Crippen molar-refractivity contribution in [3.8, 4) is 5.69 Å². The number of rotatable bonds is 7. The molecule has 22 heavy (non-hydrogen) atoms. The van der Waals surface area contributed by atoms with Crippen molar-refractivity contribution in [3.63, 3.8) is 0 Å². The Balaban J connectivity index is 2.12. The largest absolute Gasteiger partial charge is 0.351 e. The lowest BCUT2D eigenvalue weighted by molar-refractivity contribution is -0.122. The predicted molar refractivity (Wildman–Crippen MR) is 83.5 cm³/mol. The molecule has 0 saturated carbocycles. The van der Waals surface area contributed by atoms with Crippen LogP contribution in [0.25, 0.3) is 5.69 Å². The predicted octanol–water partition coefficient (Wildman–Crippen LogP) is 0.316. The molecule has 0 fully saturated rings. The van der Waals surface area contributed by atoms with Gasteiger partial charge in [0.15, 0.2) is 0 Å². The molecule has 0 aliphatic heterocycles. The van der Waals surface area contributed by atoms with Gasteiger partial charge in [0.25, 0.3) is 0 Å². The first-order chi connectivity index (χ1) is 10.7. The number of nitrogens with two attached hydrogens (primary N) is 1. The Morgan fingerprint density at radius 1 is 1.36 bits per heavy atom. The minimum absolute atomic E-state index is 0.0755. The maximum Gasteiger partial charge on any atom is 0.248 e. The first-order valence-corrected chi connectivity index (χ1v) is 7.26. The fourth-order valence-corrected chi connectivity index (χ4v) is 1.93. The third kappa shape index (κ3) is 3.79. The number of hydrogen-bond acceptors (Lipinski definition) is 6. The number of benzene rings is 1. The van der Waals surface area contributed by atoms with E-state index in [4.69, 9.17) is 5.73 Å². The van der Waals surface area contributed by atoms with E-state index in [9.17, 15) is 4.79 Å². The molecule has 4 N–H and O–H groups in total. The Labute approximate surface area is 129 Å². The minimum Gasteiger partial charge on any atom is -0.351 e. The average Bonchev–Trinajstić information content (AvgIpc) is 3.01. The quantitative estimate of drug-likeness (QED) is 0.679. The molecule has 0 radical (unpaired) electrons. The van der Waals surface area contributed by atoms with E-state index in [1.165, 1.54) is 0 Å². The summed E-state index contributed by atoms with van der Waals surface area (Å²) >= 11 is 0. The van der Waals surface area contributed by atoms with Gasteiger partial charge in [0.05, 0.1) is 5.69 Å². The SMILES string of the molecule is CCC(Nc1nnnn1-c1ccccc1)C(=O)N[C@@H](C)CN. The molecular weight excluding hydrogens is 282 g/mol. The fourth-order valence-electron chi connectivity index (χ4n) is 1.93. The van der Waals surface area contributed by atoms with Gasteiger partial charge in [-0.3, -0.25) is 4.79 Å². The zero-order chi connectivity index (χ0) is 15.9. The molecule has 118 valence electrons. The number of tetrazole rings is 1. The van der Waals surface area contributed by atoms with Gasteiger partial charge in [-0.1, -0.05) is 30.2 Å². The van der Waals surface area contributed by atoms with Crippen molar-refractivity contribution in [2.45, 2.75) is 32.4 Å². The van der Waals surface area contributed by atoms with Crippen molar-refractivity contribution in [3.05, 3.63) is 30.3 Å². The second kappa shape index (κ2) is 7.51. The number of aromatic nitrogens is 4. The summed E-state index contributed by atoms with van der Waals surface area (Å²) in [6, 6.07) is 8.98. The normalized spacial score (nSPS) is 13.4. The molecule has 1 heterocycles. The fraction of sp³-hybridized carbons (Fsp3) is 0.429. The summed E-state index contributed by atoms with van der Waals surface area (Å²) in [6.07, 6.45) is 0.602. The molecule has 0 aliphatic carbocycles. The smallest absolute Gasteiger partial charge is 0.248 e. The van der Waals surface area contributed by atoms with Crippen LogP contribution < -0.4 is 16.4 Å². The Morgan fingerprint density at radius 3 is 2.73 bits per heavy atom. The van der Waals surface area contributed by atoms with E-state index < -0.39 is 6.04 Å². The van der Waals surface area contributed by atoms with Gasteiger partial charge in [-0.05, 0) is 35.9 Å². The summed E-state index contributed by atoms with van der Waals surface area (Å²) in [6.45, 7) is 4.17. The third-order valence-electron chi connectivity index (χ3n) is 3.24. The van der Waals surface area contributed by atoms with Crippen LogP contribution in [-0.2, 0) is 4.79 Å². The highest BCUT2D eigenvalue weighted by Gasteiger charge is 2.20. The lowest BCUT2D eigenvalue weighted by Crippen LogP contribution is -2.46. The lowest BCUT2D eigenvalue weighted by atomic mass is 10.2. The van der Waals surface area contributed by atoms with Gasteiger partial charge in [0, 0.05) is 12.6 Å². The molecule has 2 rings (SSSR count). The molecule has 1 amide bonds. The van der Waals surface area contributed by atoms with E-state index in [1.54, 1.807) is 4.68 Å². The average molecular weight is 303 g/mol. The van der Waals surface area contributed by atoms with E-state index in [0.29, 0.717) is 18.9 Å². The second-order valence-corrected chi connectivity index (χ2v) is 5.00. The Kier molecular flexibility index (Phi) is 5.42. The number of nitrogens with zero attached hydrogens (tertiary/aromatic N) is 4. The van der Waals surface area contributed by atoms with Gasteiger partial charge in [-0.25, -0.2) is 0 Å². The van der Waals surface area contributed by atoms with Crippen LogP contribution in [0.15, 0.2) is 30.3 Å². The molecule has 8 heteroatoms. The zero-order valence-electron chi connectivity index (χ0n) is 12.7. The van der Waals surface area contributed by atoms with Crippen LogP contribution in [0.1, 0.15) is 20.3 Å². The minimum atomic E-state index is -0.428. The molecule has 2 aromatic rings. The van der Waals surface area contributed by atoms with Gasteiger partial charge in [-0.2, -0.15) is 4.68 Å². The number of carbonyl (C=O) groups excluding carboxylic acids is 1. The van der Waals surface area contributed by atoms with Crippen LogP contribution in [0, 0.1) is 0 Å². The number of carbonyl (C=O) groups is 1. The molecule has 8 nitrogen and oxygen atoms in total.